The molecule has 0 saturated carbocycles. The Morgan fingerprint density at radius 2 is 2.19 bits per heavy atom. The number of pyridine rings is 2. The van der Waals surface area contributed by atoms with Gasteiger partial charge in [-0.05, 0) is 40.2 Å². The first-order valence-corrected chi connectivity index (χ1v) is 7.71. The molecular formula is C15H9BrN4S. The van der Waals surface area contributed by atoms with Crippen LogP contribution in [0.3, 0.4) is 0 Å². The zero-order valence-electron chi connectivity index (χ0n) is 10.7. The van der Waals surface area contributed by atoms with Crippen LogP contribution in [0.2, 0.25) is 0 Å². The van der Waals surface area contributed by atoms with E-state index in [-0.39, 0.29) is 5.82 Å². The molecule has 0 spiro atoms. The molecule has 0 aliphatic carbocycles. The van der Waals surface area contributed by atoms with Crippen molar-refractivity contribution in [3.8, 4) is 27.8 Å². The van der Waals surface area contributed by atoms with Gasteiger partial charge in [0.25, 0.3) is 0 Å². The molecule has 0 unspecified atom stereocenters. The van der Waals surface area contributed by atoms with Gasteiger partial charge in [-0.1, -0.05) is 0 Å². The fourth-order valence-corrected chi connectivity index (χ4v) is 3.44. The molecule has 0 atom stereocenters. The van der Waals surface area contributed by atoms with Crippen molar-refractivity contribution in [2.24, 2.45) is 0 Å². The number of nitrogen functional groups attached to an aromatic ring is 1. The predicted molar refractivity (Wildman–Crippen MR) is 87.6 cm³/mol. The molecule has 4 nitrogen and oxygen atoms in total. The molecular weight excluding hydrogens is 348 g/mol. The van der Waals surface area contributed by atoms with Crippen molar-refractivity contribution in [1.82, 2.24) is 9.97 Å². The summed E-state index contributed by atoms with van der Waals surface area (Å²) in [4.78, 5) is 9.37. The number of nitrogens with zero attached hydrogens (tertiary/aromatic N) is 3. The average Bonchev–Trinajstić information content (AvgIpc) is 2.94. The van der Waals surface area contributed by atoms with Gasteiger partial charge in [0.1, 0.15) is 17.5 Å². The highest BCUT2D eigenvalue weighted by molar-refractivity contribution is 9.10. The van der Waals surface area contributed by atoms with E-state index in [0.717, 1.165) is 20.5 Å². The lowest BCUT2D eigenvalue weighted by Crippen LogP contribution is -1.99. The number of hydrogen-bond donors (Lipinski definition) is 1. The van der Waals surface area contributed by atoms with Crippen molar-refractivity contribution in [3.63, 3.8) is 0 Å². The van der Waals surface area contributed by atoms with Crippen LogP contribution in [0.15, 0.2) is 46.5 Å². The molecule has 0 bridgehead atoms. The third-order valence-corrected chi connectivity index (χ3v) is 4.67. The maximum atomic E-state index is 9.34. The highest BCUT2D eigenvalue weighted by atomic mass is 79.9. The first-order chi connectivity index (χ1) is 10.2. The van der Waals surface area contributed by atoms with Crippen LogP contribution in [0.5, 0.6) is 0 Å². The van der Waals surface area contributed by atoms with E-state index in [1.807, 2.05) is 29.6 Å². The van der Waals surface area contributed by atoms with E-state index in [1.165, 1.54) is 0 Å². The molecule has 6 heteroatoms. The van der Waals surface area contributed by atoms with Crippen LogP contribution in [-0.4, -0.2) is 9.97 Å². The topological polar surface area (TPSA) is 75.6 Å². The number of nitriles is 1. The fraction of sp³-hybridized carbons (Fsp3) is 0. The van der Waals surface area contributed by atoms with Crippen molar-refractivity contribution in [3.05, 3.63) is 52.1 Å². The maximum absolute atomic E-state index is 9.34. The third kappa shape index (κ3) is 2.66. The standard InChI is InChI=1S/C15H9BrN4S/c16-10-4-14(21-8-10)11-5-13(9-2-1-3-19-7-9)20-15(18)12(11)6-17/h1-5,7-8H,(H2,18,20). The Morgan fingerprint density at radius 1 is 1.33 bits per heavy atom. The van der Waals surface area contributed by atoms with Gasteiger partial charge in [0.05, 0.1) is 5.69 Å². The zero-order valence-corrected chi connectivity index (χ0v) is 13.1. The van der Waals surface area contributed by atoms with E-state index >= 15 is 0 Å². The Labute approximate surface area is 134 Å². The highest BCUT2D eigenvalue weighted by Gasteiger charge is 2.14. The number of rotatable bonds is 2. The monoisotopic (exact) mass is 356 g/mol. The van der Waals surface area contributed by atoms with E-state index < -0.39 is 0 Å². The SMILES string of the molecule is N#Cc1c(-c2cc(Br)cs2)cc(-c2cccnc2)nc1N. The molecule has 3 rings (SSSR count). The molecule has 3 heterocycles. The molecule has 0 aliphatic heterocycles. The van der Waals surface area contributed by atoms with Crippen LogP contribution < -0.4 is 5.73 Å². The lowest BCUT2D eigenvalue weighted by molar-refractivity contribution is 1.27. The summed E-state index contributed by atoms with van der Waals surface area (Å²) in [5.74, 6) is 0.235. The molecule has 3 aromatic rings. The van der Waals surface area contributed by atoms with Crippen LogP contribution in [0.4, 0.5) is 5.82 Å². The molecule has 21 heavy (non-hydrogen) atoms. The van der Waals surface area contributed by atoms with Crippen LogP contribution in [0.1, 0.15) is 5.56 Å². The number of nitrogens with two attached hydrogens (primary N) is 1. The maximum Gasteiger partial charge on any atom is 0.142 e. The summed E-state index contributed by atoms with van der Waals surface area (Å²) in [6.45, 7) is 0. The minimum atomic E-state index is 0.235. The Hall–Kier alpha value is -2.23. The van der Waals surface area contributed by atoms with Crippen LogP contribution >= 0.6 is 27.3 Å². The minimum Gasteiger partial charge on any atom is -0.383 e. The van der Waals surface area contributed by atoms with Gasteiger partial charge in [0, 0.05) is 38.3 Å². The smallest absolute Gasteiger partial charge is 0.142 e. The Kier molecular flexibility index (Phi) is 3.69. The number of aromatic nitrogens is 2. The highest BCUT2D eigenvalue weighted by Crippen LogP contribution is 2.35. The average molecular weight is 357 g/mol. The number of anilines is 1. The molecule has 102 valence electrons. The Bertz CT molecular complexity index is 837. The van der Waals surface area contributed by atoms with Gasteiger partial charge in [-0.15, -0.1) is 11.3 Å². The molecule has 3 aromatic heterocycles. The van der Waals surface area contributed by atoms with Gasteiger partial charge in [-0.25, -0.2) is 4.98 Å². The Morgan fingerprint density at radius 3 is 2.81 bits per heavy atom. The number of thiophene rings is 1. The summed E-state index contributed by atoms with van der Waals surface area (Å²) >= 11 is 4.98. The molecule has 0 aliphatic rings. The van der Waals surface area contributed by atoms with Crippen LogP contribution in [0, 0.1) is 11.3 Å². The van der Waals surface area contributed by atoms with E-state index in [1.54, 1.807) is 23.7 Å². The van der Waals surface area contributed by atoms with E-state index in [4.69, 9.17) is 5.73 Å². The van der Waals surface area contributed by atoms with Gasteiger partial charge in [-0.2, -0.15) is 5.26 Å². The molecule has 0 fully saturated rings. The Balaban J connectivity index is 2.23. The zero-order chi connectivity index (χ0) is 14.8. The summed E-state index contributed by atoms with van der Waals surface area (Å²) < 4.78 is 0.977. The first-order valence-electron chi connectivity index (χ1n) is 6.04. The van der Waals surface area contributed by atoms with Gasteiger partial charge in [0.2, 0.25) is 0 Å². The summed E-state index contributed by atoms with van der Waals surface area (Å²) in [6, 6.07) is 9.73. The largest absolute Gasteiger partial charge is 0.383 e. The molecule has 0 saturated heterocycles. The van der Waals surface area contributed by atoms with E-state index in [0.29, 0.717) is 11.3 Å². The van der Waals surface area contributed by atoms with Gasteiger partial charge < -0.3 is 5.73 Å². The van der Waals surface area contributed by atoms with Gasteiger partial charge in [-0.3, -0.25) is 4.98 Å². The summed E-state index contributed by atoms with van der Waals surface area (Å²) in [5, 5.41) is 11.3. The first kappa shape index (κ1) is 13.7. The van der Waals surface area contributed by atoms with Crippen molar-refractivity contribution >= 4 is 33.1 Å². The second-order valence-electron chi connectivity index (χ2n) is 4.30. The van der Waals surface area contributed by atoms with Crippen molar-refractivity contribution < 1.29 is 0 Å². The van der Waals surface area contributed by atoms with Crippen LogP contribution in [-0.2, 0) is 0 Å². The number of hydrogen-bond acceptors (Lipinski definition) is 5. The van der Waals surface area contributed by atoms with Gasteiger partial charge >= 0.3 is 0 Å². The second-order valence-corrected chi connectivity index (χ2v) is 6.12. The molecule has 0 aromatic carbocycles. The van der Waals surface area contributed by atoms with Crippen molar-refractivity contribution in [2.75, 3.05) is 5.73 Å². The lowest BCUT2D eigenvalue weighted by atomic mass is 10.0. The summed E-state index contributed by atoms with van der Waals surface area (Å²) in [7, 11) is 0. The summed E-state index contributed by atoms with van der Waals surface area (Å²) in [6.07, 6.45) is 3.43. The predicted octanol–water partition coefficient (Wildman–Crippen LogP) is 4.09. The summed E-state index contributed by atoms with van der Waals surface area (Å²) in [5.41, 5.74) is 8.72. The third-order valence-electron chi connectivity index (χ3n) is 2.95. The second kappa shape index (κ2) is 5.64. The van der Waals surface area contributed by atoms with Crippen molar-refractivity contribution in [1.29, 1.82) is 5.26 Å². The van der Waals surface area contributed by atoms with E-state index in [2.05, 4.69) is 32.0 Å². The van der Waals surface area contributed by atoms with E-state index in [9.17, 15) is 5.26 Å². The fourth-order valence-electron chi connectivity index (χ4n) is 1.99. The van der Waals surface area contributed by atoms with Crippen molar-refractivity contribution in [2.45, 2.75) is 0 Å². The lowest BCUT2D eigenvalue weighted by Gasteiger charge is -2.08. The quantitative estimate of drug-likeness (QED) is 0.750. The molecule has 0 radical (unpaired) electrons. The molecule has 0 amide bonds. The number of halogens is 1. The normalized spacial score (nSPS) is 10.3. The van der Waals surface area contributed by atoms with Gasteiger partial charge in [0.15, 0.2) is 0 Å². The van der Waals surface area contributed by atoms with Crippen LogP contribution in [0.25, 0.3) is 21.7 Å². The molecule has 2 N–H and O–H groups in total. The minimum absolute atomic E-state index is 0.235.